The Labute approximate surface area is 160 Å². The molecule has 0 aliphatic carbocycles. The number of hydrogen-bond acceptors (Lipinski definition) is 5. The first-order chi connectivity index (χ1) is 12.9. The zero-order valence-corrected chi connectivity index (χ0v) is 16.3. The Balaban J connectivity index is 2.22. The molecule has 0 heterocycles. The Morgan fingerprint density at radius 2 is 1.74 bits per heavy atom. The topological polar surface area (TPSA) is 111 Å². The average molecular weight is 391 g/mol. The lowest BCUT2D eigenvalue weighted by molar-refractivity contribution is -0.122. The van der Waals surface area contributed by atoms with E-state index in [9.17, 15) is 13.2 Å². The van der Waals surface area contributed by atoms with Crippen LogP contribution in [-0.4, -0.2) is 40.6 Å². The monoisotopic (exact) mass is 391 g/mol. The number of aryl methyl sites for hydroxylation is 1. The van der Waals surface area contributed by atoms with Gasteiger partial charge in [-0.3, -0.25) is 4.79 Å². The zero-order valence-electron chi connectivity index (χ0n) is 15.4. The minimum absolute atomic E-state index is 0.111. The highest BCUT2D eigenvalue weighted by Crippen LogP contribution is 2.15. The Kier molecular flexibility index (Phi) is 7.35. The van der Waals surface area contributed by atoms with E-state index in [4.69, 9.17) is 10.5 Å². The van der Waals surface area contributed by atoms with Crippen LogP contribution >= 0.6 is 0 Å². The van der Waals surface area contributed by atoms with Crippen molar-refractivity contribution in [2.45, 2.75) is 24.3 Å². The van der Waals surface area contributed by atoms with Gasteiger partial charge in [-0.1, -0.05) is 29.8 Å². The quantitative estimate of drug-likeness (QED) is 0.590. The van der Waals surface area contributed by atoms with Crippen molar-refractivity contribution < 1.29 is 17.9 Å². The number of ether oxygens (including phenoxy) is 1. The van der Waals surface area contributed by atoms with Gasteiger partial charge in [0.05, 0.1) is 12.0 Å². The summed E-state index contributed by atoms with van der Waals surface area (Å²) in [7, 11) is -2.28. The fourth-order valence-electron chi connectivity index (χ4n) is 2.48. The van der Waals surface area contributed by atoms with Gasteiger partial charge in [0, 0.05) is 13.1 Å². The summed E-state index contributed by atoms with van der Waals surface area (Å²) in [4.78, 5) is 12.6. The summed E-state index contributed by atoms with van der Waals surface area (Å²) < 4.78 is 33.0. The van der Waals surface area contributed by atoms with E-state index in [0.717, 1.165) is 11.1 Å². The van der Waals surface area contributed by atoms with E-state index >= 15 is 0 Å². The molecule has 0 saturated heterocycles. The molecular weight excluding hydrogens is 366 g/mol. The summed E-state index contributed by atoms with van der Waals surface area (Å²) in [6, 6.07) is 12.6. The van der Waals surface area contributed by atoms with E-state index in [1.54, 1.807) is 43.5 Å². The van der Waals surface area contributed by atoms with E-state index in [-0.39, 0.29) is 24.4 Å². The first kappa shape index (κ1) is 20.9. The minimum Gasteiger partial charge on any atom is -0.497 e. The molecule has 0 aromatic heterocycles. The highest BCUT2D eigenvalue weighted by Gasteiger charge is 2.25. The van der Waals surface area contributed by atoms with Gasteiger partial charge in [-0.2, -0.15) is 4.72 Å². The van der Waals surface area contributed by atoms with Crippen molar-refractivity contribution in [2.75, 3.05) is 20.2 Å². The normalized spacial score (nSPS) is 12.4. The van der Waals surface area contributed by atoms with Gasteiger partial charge < -0.3 is 15.8 Å². The highest BCUT2D eigenvalue weighted by molar-refractivity contribution is 7.89. The molecule has 2 aromatic carbocycles. The van der Waals surface area contributed by atoms with Gasteiger partial charge in [0.2, 0.25) is 15.9 Å². The highest BCUT2D eigenvalue weighted by atomic mass is 32.2. The number of nitrogens with two attached hydrogens (primary N) is 1. The summed E-state index contributed by atoms with van der Waals surface area (Å²) in [5.41, 5.74) is 7.18. The van der Waals surface area contributed by atoms with E-state index in [0.29, 0.717) is 5.75 Å². The number of carbonyl (C=O) groups is 1. The van der Waals surface area contributed by atoms with Crippen LogP contribution in [0.3, 0.4) is 0 Å². The van der Waals surface area contributed by atoms with Crippen LogP contribution in [0.5, 0.6) is 5.75 Å². The summed E-state index contributed by atoms with van der Waals surface area (Å²) in [6.07, 6.45) is 0.200. The second-order valence-electron chi connectivity index (χ2n) is 6.12. The Hall–Kier alpha value is -2.42. The van der Waals surface area contributed by atoms with E-state index in [2.05, 4.69) is 10.0 Å². The lowest BCUT2D eigenvalue weighted by Gasteiger charge is -2.19. The van der Waals surface area contributed by atoms with Crippen molar-refractivity contribution in [3.05, 3.63) is 59.7 Å². The summed E-state index contributed by atoms with van der Waals surface area (Å²) in [6.45, 7) is 2.41. The molecule has 146 valence electrons. The van der Waals surface area contributed by atoms with Crippen LogP contribution in [0.2, 0.25) is 0 Å². The number of carbonyl (C=O) groups excluding carboxylic acids is 1. The van der Waals surface area contributed by atoms with Gasteiger partial charge in [-0.15, -0.1) is 0 Å². The van der Waals surface area contributed by atoms with Crippen molar-refractivity contribution in [1.82, 2.24) is 10.0 Å². The van der Waals surface area contributed by atoms with Crippen molar-refractivity contribution in [2.24, 2.45) is 5.73 Å². The number of hydrogen-bond donors (Lipinski definition) is 3. The first-order valence-corrected chi connectivity index (χ1v) is 10.0. The molecule has 0 aliphatic heterocycles. The van der Waals surface area contributed by atoms with Crippen molar-refractivity contribution in [3.63, 3.8) is 0 Å². The van der Waals surface area contributed by atoms with Gasteiger partial charge in [-0.25, -0.2) is 8.42 Å². The van der Waals surface area contributed by atoms with Gasteiger partial charge in [-0.05, 0) is 43.2 Å². The Bertz CT molecular complexity index is 850. The summed E-state index contributed by atoms with van der Waals surface area (Å²) in [5.74, 6) is 0.259. The van der Waals surface area contributed by atoms with Crippen LogP contribution in [-0.2, 0) is 21.2 Å². The standard InChI is InChI=1S/C19H25N3O4S/c1-14-3-9-17(10-4-14)27(24,25)22-18(19(23)21-12-11-20)13-15-5-7-16(26-2)8-6-15/h3-10,18,22H,11-13,20H2,1-2H3,(H,21,23). The lowest BCUT2D eigenvalue weighted by atomic mass is 10.1. The number of rotatable bonds is 9. The molecule has 0 bridgehead atoms. The predicted molar refractivity (Wildman–Crippen MR) is 104 cm³/mol. The molecular formula is C19H25N3O4S. The van der Waals surface area contributed by atoms with Crippen LogP contribution in [0, 0.1) is 6.92 Å². The van der Waals surface area contributed by atoms with Crippen LogP contribution in [0.1, 0.15) is 11.1 Å². The predicted octanol–water partition coefficient (Wildman–Crippen LogP) is 0.968. The van der Waals surface area contributed by atoms with E-state index in [1.165, 1.54) is 12.1 Å². The van der Waals surface area contributed by atoms with Gasteiger partial charge in [0.1, 0.15) is 11.8 Å². The van der Waals surface area contributed by atoms with Crippen LogP contribution in [0.25, 0.3) is 0 Å². The summed E-state index contributed by atoms with van der Waals surface area (Å²) in [5, 5.41) is 2.64. The van der Waals surface area contributed by atoms with E-state index in [1.807, 2.05) is 6.92 Å². The van der Waals surface area contributed by atoms with Crippen LogP contribution in [0.15, 0.2) is 53.4 Å². The fraction of sp³-hybridized carbons (Fsp3) is 0.316. The first-order valence-electron chi connectivity index (χ1n) is 8.55. The Morgan fingerprint density at radius 3 is 2.30 bits per heavy atom. The maximum absolute atomic E-state index is 12.7. The molecule has 7 nitrogen and oxygen atoms in total. The molecule has 4 N–H and O–H groups in total. The zero-order chi connectivity index (χ0) is 19.9. The van der Waals surface area contributed by atoms with Crippen molar-refractivity contribution >= 4 is 15.9 Å². The number of methoxy groups -OCH3 is 1. The van der Waals surface area contributed by atoms with Crippen LogP contribution < -0.4 is 20.5 Å². The summed E-state index contributed by atoms with van der Waals surface area (Å²) >= 11 is 0. The second kappa shape index (κ2) is 9.50. The molecule has 2 aromatic rings. The maximum Gasteiger partial charge on any atom is 0.241 e. The third-order valence-electron chi connectivity index (χ3n) is 3.99. The molecule has 1 unspecified atom stereocenters. The molecule has 1 atom stereocenters. The van der Waals surface area contributed by atoms with Gasteiger partial charge in [0.25, 0.3) is 0 Å². The molecule has 0 spiro atoms. The second-order valence-corrected chi connectivity index (χ2v) is 7.83. The number of sulfonamides is 1. The lowest BCUT2D eigenvalue weighted by Crippen LogP contribution is -2.48. The largest absolute Gasteiger partial charge is 0.497 e. The van der Waals surface area contributed by atoms with Crippen LogP contribution in [0.4, 0.5) is 0 Å². The van der Waals surface area contributed by atoms with Crippen molar-refractivity contribution in [3.8, 4) is 5.75 Å². The number of nitrogens with one attached hydrogen (secondary N) is 2. The molecule has 27 heavy (non-hydrogen) atoms. The van der Waals surface area contributed by atoms with E-state index < -0.39 is 22.0 Å². The number of amides is 1. The third-order valence-corrected chi connectivity index (χ3v) is 5.48. The molecule has 0 aliphatic rings. The van der Waals surface area contributed by atoms with Crippen molar-refractivity contribution in [1.29, 1.82) is 0 Å². The SMILES string of the molecule is COc1ccc(CC(NS(=O)(=O)c2ccc(C)cc2)C(=O)NCCN)cc1. The minimum atomic E-state index is -3.85. The molecule has 0 saturated carbocycles. The molecule has 0 fully saturated rings. The Morgan fingerprint density at radius 1 is 1.11 bits per heavy atom. The fourth-order valence-corrected chi connectivity index (χ4v) is 3.67. The van der Waals surface area contributed by atoms with Gasteiger partial charge in [0.15, 0.2) is 0 Å². The van der Waals surface area contributed by atoms with Gasteiger partial charge >= 0.3 is 0 Å². The number of benzene rings is 2. The third kappa shape index (κ3) is 6.06. The molecule has 2 rings (SSSR count). The average Bonchev–Trinajstić information content (AvgIpc) is 2.66. The molecule has 8 heteroatoms. The maximum atomic E-state index is 12.7. The molecule has 1 amide bonds. The smallest absolute Gasteiger partial charge is 0.241 e. The molecule has 0 radical (unpaired) electrons.